The molecule has 0 fully saturated rings. The summed E-state index contributed by atoms with van der Waals surface area (Å²) in [6, 6.07) is 0. The highest BCUT2D eigenvalue weighted by Gasteiger charge is 2.19. The number of hydrogen-bond acceptors (Lipinski definition) is 2. The molecule has 1 unspecified atom stereocenters. The van der Waals surface area contributed by atoms with Crippen molar-refractivity contribution in [1.82, 2.24) is 0 Å². The van der Waals surface area contributed by atoms with Gasteiger partial charge in [-0.3, -0.25) is 4.57 Å². The molecule has 12 heavy (non-hydrogen) atoms. The van der Waals surface area contributed by atoms with Crippen molar-refractivity contribution in [2.24, 2.45) is 5.41 Å². The fourth-order valence-electron chi connectivity index (χ4n) is 0.876. The molecular formula is C9H21O2P. The lowest BCUT2D eigenvalue weighted by Crippen LogP contribution is -2.08. The van der Waals surface area contributed by atoms with Crippen molar-refractivity contribution in [3.63, 3.8) is 0 Å². The predicted octanol–water partition coefficient (Wildman–Crippen LogP) is 3.37. The third-order valence-corrected chi connectivity index (χ3v) is 3.51. The molecule has 0 bridgehead atoms. The fourth-order valence-corrected chi connectivity index (χ4v) is 2.63. The van der Waals surface area contributed by atoms with Gasteiger partial charge in [-0.05, 0) is 18.8 Å². The van der Waals surface area contributed by atoms with E-state index in [1.807, 2.05) is 6.92 Å². The van der Waals surface area contributed by atoms with Gasteiger partial charge < -0.3 is 4.52 Å². The summed E-state index contributed by atoms with van der Waals surface area (Å²) in [5, 5.41) is 0. The molecule has 0 aromatic rings. The van der Waals surface area contributed by atoms with Crippen LogP contribution in [-0.4, -0.2) is 19.4 Å². The molecular weight excluding hydrogens is 171 g/mol. The average Bonchev–Trinajstić information content (AvgIpc) is 1.83. The zero-order valence-electron chi connectivity index (χ0n) is 8.89. The van der Waals surface area contributed by atoms with Crippen LogP contribution in [0.1, 0.15) is 34.1 Å². The quantitative estimate of drug-likeness (QED) is 0.638. The van der Waals surface area contributed by atoms with Crippen molar-refractivity contribution in [2.45, 2.75) is 34.1 Å². The van der Waals surface area contributed by atoms with E-state index in [2.05, 4.69) is 20.8 Å². The van der Waals surface area contributed by atoms with Crippen LogP contribution < -0.4 is 0 Å². The standard InChI is InChI=1S/C9H21O2P/c1-6-11-12(5,10)8-7-9(2,3)4/h6-8H2,1-5H3. The topological polar surface area (TPSA) is 26.3 Å². The van der Waals surface area contributed by atoms with Gasteiger partial charge in [-0.15, -0.1) is 0 Å². The van der Waals surface area contributed by atoms with E-state index in [0.717, 1.165) is 6.42 Å². The Morgan fingerprint density at radius 2 is 1.83 bits per heavy atom. The van der Waals surface area contributed by atoms with Gasteiger partial charge in [0.15, 0.2) is 7.37 Å². The molecule has 0 aliphatic carbocycles. The van der Waals surface area contributed by atoms with E-state index in [0.29, 0.717) is 12.8 Å². The summed E-state index contributed by atoms with van der Waals surface area (Å²) in [6.45, 7) is 10.6. The minimum Gasteiger partial charge on any atom is -0.329 e. The lowest BCUT2D eigenvalue weighted by molar-refractivity contribution is 0.326. The number of rotatable bonds is 4. The van der Waals surface area contributed by atoms with Crippen LogP contribution in [0.15, 0.2) is 0 Å². The van der Waals surface area contributed by atoms with Gasteiger partial charge in [0.05, 0.1) is 6.61 Å². The van der Waals surface area contributed by atoms with E-state index in [4.69, 9.17) is 4.52 Å². The lowest BCUT2D eigenvalue weighted by Gasteiger charge is -2.20. The Hall–Kier alpha value is 0.190. The van der Waals surface area contributed by atoms with Gasteiger partial charge in [-0.2, -0.15) is 0 Å². The van der Waals surface area contributed by atoms with E-state index in [1.165, 1.54) is 0 Å². The first kappa shape index (κ1) is 12.2. The Balaban J connectivity index is 3.84. The van der Waals surface area contributed by atoms with Gasteiger partial charge in [0.2, 0.25) is 0 Å². The predicted molar refractivity (Wildman–Crippen MR) is 54.1 cm³/mol. The van der Waals surface area contributed by atoms with Crippen LogP contribution >= 0.6 is 7.37 Å². The first-order chi connectivity index (χ1) is 5.27. The molecule has 0 amide bonds. The smallest absolute Gasteiger partial charge is 0.200 e. The van der Waals surface area contributed by atoms with E-state index in [1.54, 1.807) is 6.66 Å². The van der Waals surface area contributed by atoms with Gasteiger partial charge in [0.1, 0.15) is 0 Å². The summed E-state index contributed by atoms with van der Waals surface area (Å²) in [5.41, 5.74) is 0.253. The minimum atomic E-state index is -2.29. The van der Waals surface area contributed by atoms with Gasteiger partial charge >= 0.3 is 0 Å². The molecule has 0 aliphatic rings. The molecule has 0 saturated heterocycles. The van der Waals surface area contributed by atoms with E-state index < -0.39 is 7.37 Å². The van der Waals surface area contributed by atoms with Crippen LogP contribution in [0, 0.1) is 5.41 Å². The van der Waals surface area contributed by atoms with Crippen molar-refractivity contribution >= 4 is 7.37 Å². The summed E-state index contributed by atoms with van der Waals surface area (Å²) >= 11 is 0. The van der Waals surface area contributed by atoms with Gasteiger partial charge in [0.25, 0.3) is 0 Å². The van der Waals surface area contributed by atoms with Gasteiger partial charge in [-0.1, -0.05) is 20.8 Å². The van der Waals surface area contributed by atoms with Crippen molar-refractivity contribution in [1.29, 1.82) is 0 Å². The first-order valence-corrected chi connectivity index (χ1v) is 6.74. The van der Waals surface area contributed by atoms with Crippen LogP contribution in [0.25, 0.3) is 0 Å². The highest BCUT2D eigenvalue weighted by molar-refractivity contribution is 7.58. The lowest BCUT2D eigenvalue weighted by atomic mass is 9.94. The zero-order valence-corrected chi connectivity index (χ0v) is 9.78. The van der Waals surface area contributed by atoms with Crippen LogP contribution in [0.2, 0.25) is 0 Å². The molecule has 2 nitrogen and oxygen atoms in total. The monoisotopic (exact) mass is 192 g/mol. The third-order valence-electron chi connectivity index (χ3n) is 1.67. The summed E-state index contributed by atoms with van der Waals surface area (Å²) in [7, 11) is -2.29. The van der Waals surface area contributed by atoms with Crippen LogP contribution in [0.5, 0.6) is 0 Å². The van der Waals surface area contributed by atoms with Gasteiger partial charge in [-0.25, -0.2) is 0 Å². The average molecular weight is 192 g/mol. The molecule has 3 heteroatoms. The maximum absolute atomic E-state index is 11.6. The summed E-state index contributed by atoms with van der Waals surface area (Å²) in [6.07, 6.45) is 1.66. The molecule has 1 atom stereocenters. The first-order valence-electron chi connectivity index (χ1n) is 4.48. The normalized spacial score (nSPS) is 17.4. The molecule has 0 saturated carbocycles. The Labute approximate surface area is 76.1 Å². The van der Waals surface area contributed by atoms with Crippen molar-refractivity contribution < 1.29 is 9.09 Å². The highest BCUT2D eigenvalue weighted by Crippen LogP contribution is 2.44. The molecule has 0 heterocycles. The second-order valence-electron chi connectivity index (χ2n) is 4.47. The van der Waals surface area contributed by atoms with E-state index in [9.17, 15) is 4.57 Å². The molecule has 0 radical (unpaired) electrons. The summed E-state index contributed by atoms with van der Waals surface area (Å²) < 4.78 is 16.8. The summed E-state index contributed by atoms with van der Waals surface area (Å²) in [4.78, 5) is 0. The molecule has 0 rings (SSSR count). The highest BCUT2D eigenvalue weighted by atomic mass is 31.2. The van der Waals surface area contributed by atoms with E-state index in [-0.39, 0.29) is 5.41 Å². The second-order valence-corrected chi connectivity index (χ2v) is 7.20. The fraction of sp³-hybridized carbons (Fsp3) is 1.00. The Morgan fingerprint density at radius 3 is 2.17 bits per heavy atom. The minimum absolute atomic E-state index is 0.253. The molecule has 0 aromatic heterocycles. The molecule has 0 aliphatic heterocycles. The largest absolute Gasteiger partial charge is 0.329 e. The molecule has 74 valence electrons. The number of hydrogen-bond donors (Lipinski definition) is 0. The molecule has 0 spiro atoms. The maximum atomic E-state index is 11.6. The van der Waals surface area contributed by atoms with Crippen molar-refractivity contribution in [3.05, 3.63) is 0 Å². The van der Waals surface area contributed by atoms with E-state index >= 15 is 0 Å². The van der Waals surface area contributed by atoms with Crippen LogP contribution in [-0.2, 0) is 9.09 Å². The maximum Gasteiger partial charge on any atom is 0.200 e. The van der Waals surface area contributed by atoms with Crippen LogP contribution in [0.4, 0.5) is 0 Å². The Morgan fingerprint density at radius 1 is 1.33 bits per heavy atom. The zero-order chi connectivity index (χ0) is 9.83. The molecule has 0 aromatic carbocycles. The second kappa shape index (κ2) is 4.43. The third kappa shape index (κ3) is 6.87. The Bertz CT molecular complexity index is 170. The van der Waals surface area contributed by atoms with Crippen molar-refractivity contribution in [2.75, 3.05) is 19.4 Å². The SMILES string of the molecule is CCOP(C)(=O)CCC(C)(C)C. The van der Waals surface area contributed by atoms with Crippen molar-refractivity contribution in [3.8, 4) is 0 Å². The Kier molecular flexibility index (Phi) is 4.50. The van der Waals surface area contributed by atoms with Crippen LogP contribution in [0.3, 0.4) is 0 Å². The summed E-state index contributed by atoms with van der Waals surface area (Å²) in [5.74, 6) is 0. The molecule has 0 N–H and O–H groups in total. The van der Waals surface area contributed by atoms with Gasteiger partial charge in [0, 0.05) is 12.8 Å².